The summed E-state index contributed by atoms with van der Waals surface area (Å²) in [7, 11) is 1.53. The average molecular weight is 681 g/mol. The molecule has 0 radical (unpaired) electrons. The zero-order valence-electron chi connectivity index (χ0n) is 26.9. The number of ether oxygens (including phenoxy) is 4. The lowest BCUT2D eigenvalue weighted by molar-refractivity contribution is -0.130. The molecular weight excluding hydrogens is 648 g/mol. The molecule has 1 atom stereocenters. The molecule has 1 aliphatic rings. The van der Waals surface area contributed by atoms with Gasteiger partial charge in [-0.15, -0.1) is 0 Å². The maximum absolute atomic E-state index is 14.1. The van der Waals surface area contributed by atoms with Crippen LogP contribution in [0.2, 0.25) is 5.02 Å². The maximum Gasteiger partial charge on any atom is 0.343 e. The number of fused-ring (bicyclic) bond motifs is 1. The molecule has 2 heterocycles. The minimum atomic E-state index is -0.735. The molecule has 48 heavy (non-hydrogen) atoms. The highest BCUT2D eigenvalue weighted by atomic mass is 35.5. The van der Waals surface area contributed by atoms with Gasteiger partial charge in [0.2, 0.25) is 0 Å². The summed E-state index contributed by atoms with van der Waals surface area (Å²) in [6.45, 7) is 6.40. The van der Waals surface area contributed by atoms with Crippen molar-refractivity contribution in [2.75, 3.05) is 20.3 Å². The number of esters is 1. The van der Waals surface area contributed by atoms with Gasteiger partial charge in [0.1, 0.15) is 24.7 Å². The standard InChI is InChI=1S/C38H33ClN2O6S/c1-23-15-16-29(19-24(23)2)45-17-18-46-35-30(39)20-26(21-31(35)44-4)22-32-36(42)41-34(27-11-7-5-8-12-27)33(25(3)40-38(41)48-32)37(43)47-28-13-9-6-10-14-28/h5-16,19-22,34H,17-18H2,1-4H3/b32-22-. The Hall–Kier alpha value is -5.12. The molecular formula is C38H33ClN2O6S. The fourth-order valence-electron chi connectivity index (χ4n) is 5.41. The third-order valence-electron chi connectivity index (χ3n) is 7.94. The molecule has 0 bridgehead atoms. The van der Waals surface area contributed by atoms with Crippen molar-refractivity contribution >= 4 is 35.0 Å². The second-order valence-corrected chi connectivity index (χ2v) is 12.6. The number of para-hydroxylation sites is 1. The van der Waals surface area contributed by atoms with Crippen molar-refractivity contribution in [2.24, 2.45) is 4.99 Å². The molecule has 1 unspecified atom stereocenters. The predicted octanol–water partition coefficient (Wildman–Crippen LogP) is 6.58. The number of halogens is 1. The van der Waals surface area contributed by atoms with E-state index >= 15 is 0 Å². The number of nitrogens with zero attached hydrogens (tertiary/aromatic N) is 2. The Kier molecular flexibility index (Phi) is 9.80. The smallest absolute Gasteiger partial charge is 0.343 e. The van der Waals surface area contributed by atoms with E-state index in [0.29, 0.717) is 49.5 Å². The van der Waals surface area contributed by atoms with Gasteiger partial charge in [-0.2, -0.15) is 0 Å². The minimum absolute atomic E-state index is 0.245. The number of hydrogen-bond acceptors (Lipinski definition) is 8. The van der Waals surface area contributed by atoms with Crippen LogP contribution in [0.25, 0.3) is 6.08 Å². The Bertz CT molecular complexity index is 2190. The number of aromatic nitrogens is 1. The Balaban J connectivity index is 1.30. The summed E-state index contributed by atoms with van der Waals surface area (Å²) in [4.78, 5) is 32.8. The van der Waals surface area contributed by atoms with Crippen LogP contribution in [-0.4, -0.2) is 30.9 Å². The zero-order valence-corrected chi connectivity index (χ0v) is 28.4. The molecule has 10 heteroatoms. The number of rotatable bonds is 10. The van der Waals surface area contributed by atoms with Gasteiger partial charge in [-0.25, -0.2) is 9.79 Å². The van der Waals surface area contributed by atoms with E-state index < -0.39 is 12.0 Å². The number of aryl methyl sites for hydroxylation is 2. The molecule has 1 aliphatic heterocycles. The van der Waals surface area contributed by atoms with Crippen LogP contribution < -0.4 is 33.8 Å². The molecule has 1 aromatic heterocycles. The van der Waals surface area contributed by atoms with E-state index in [1.165, 1.54) is 24.0 Å². The molecule has 6 rings (SSSR count). The average Bonchev–Trinajstić information content (AvgIpc) is 3.38. The second-order valence-electron chi connectivity index (χ2n) is 11.2. The summed E-state index contributed by atoms with van der Waals surface area (Å²) in [5.74, 6) is 1.39. The first kappa shape index (κ1) is 32.8. The number of carbonyl (C=O) groups is 1. The first-order chi connectivity index (χ1) is 23.2. The molecule has 0 N–H and O–H groups in total. The van der Waals surface area contributed by atoms with Gasteiger partial charge in [0.05, 0.1) is 34.0 Å². The molecule has 0 fully saturated rings. The molecule has 0 spiro atoms. The number of allylic oxidation sites excluding steroid dienone is 1. The van der Waals surface area contributed by atoms with Gasteiger partial charge in [0, 0.05) is 0 Å². The van der Waals surface area contributed by atoms with Gasteiger partial charge in [0.25, 0.3) is 5.56 Å². The third-order valence-corrected chi connectivity index (χ3v) is 9.20. The molecule has 0 aliphatic carbocycles. The molecule has 0 saturated heterocycles. The normalized spacial score (nSPS) is 14.3. The van der Waals surface area contributed by atoms with Gasteiger partial charge in [0.15, 0.2) is 16.3 Å². The number of carbonyl (C=O) groups excluding carboxylic acids is 1. The minimum Gasteiger partial charge on any atom is -0.493 e. The molecule has 0 saturated carbocycles. The van der Waals surface area contributed by atoms with Crippen LogP contribution in [0.15, 0.2) is 112 Å². The topological polar surface area (TPSA) is 88.4 Å². The van der Waals surface area contributed by atoms with Crippen molar-refractivity contribution in [1.29, 1.82) is 0 Å². The number of hydrogen-bond donors (Lipinski definition) is 0. The van der Waals surface area contributed by atoms with Crippen molar-refractivity contribution < 1.29 is 23.7 Å². The van der Waals surface area contributed by atoms with Gasteiger partial charge < -0.3 is 18.9 Å². The van der Waals surface area contributed by atoms with Crippen LogP contribution in [0.4, 0.5) is 0 Å². The Morgan fingerprint density at radius 3 is 2.31 bits per heavy atom. The second kappa shape index (κ2) is 14.3. The Morgan fingerprint density at radius 1 is 0.896 bits per heavy atom. The number of thiazole rings is 1. The molecule has 8 nitrogen and oxygen atoms in total. The Labute approximate surface area is 286 Å². The van der Waals surface area contributed by atoms with Crippen molar-refractivity contribution in [3.05, 3.63) is 149 Å². The molecule has 0 amide bonds. The summed E-state index contributed by atoms with van der Waals surface area (Å²) < 4.78 is 25.1. The summed E-state index contributed by atoms with van der Waals surface area (Å²) in [5, 5.41) is 0.323. The van der Waals surface area contributed by atoms with Crippen LogP contribution in [-0.2, 0) is 4.79 Å². The first-order valence-electron chi connectivity index (χ1n) is 15.3. The van der Waals surface area contributed by atoms with E-state index in [9.17, 15) is 9.59 Å². The lowest BCUT2D eigenvalue weighted by Gasteiger charge is -2.24. The van der Waals surface area contributed by atoms with E-state index in [-0.39, 0.29) is 17.7 Å². The van der Waals surface area contributed by atoms with E-state index in [1.807, 2.05) is 61.5 Å². The lowest BCUT2D eigenvalue weighted by Crippen LogP contribution is -2.40. The van der Waals surface area contributed by atoms with Crippen molar-refractivity contribution in [2.45, 2.75) is 26.8 Å². The molecule has 5 aromatic rings. The molecule has 4 aromatic carbocycles. The van der Waals surface area contributed by atoms with E-state index in [0.717, 1.165) is 16.9 Å². The summed E-state index contributed by atoms with van der Waals surface area (Å²) in [5.41, 5.74) is 4.20. The largest absolute Gasteiger partial charge is 0.493 e. The van der Waals surface area contributed by atoms with Crippen LogP contribution in [0, 0.1) is 13.8 Å². The highest BCUT2D eigenvalue weighted by molar-refractivity contribution is 7.07. The van der Waals surface area contributed by atoms with Gasteiger partial charge in [-0.1, -0.05) is 77.5 Å². The predicted molar refractivity (Wildman–Crippen MR) is 187 cm³/mol. The van der Waals surface area contributed by atoms with Gasteiger partial charge in [-0.05, 0) is 85.5 Å². The van der Waals surface area contributed by atoms with Crippen molar-refractivity contribution in [1.82, 2.24) is 4.57 Å². The highest BCUT2D eigenvalue weighted by Gasteiger charge is 2.33. The molecule has 244 valence electrons. The summed E-state index contributed by atoms with van der Waals surface area (Å²) >= 11 is 7.90. The zero-order chi connectivity index (χ0) is 33.8. The summed E-state index contributed by atoms with van der Waals surface area (Å²) in [6, 6.07) is 26.9. The van der Waals surface area contributed by atoms with Crippen LogP contribution in [0.5, 0.6) is 23.0 Å². The third kappa shape index (κ3) is 6.93. The highest BCUT2D eigenvalue weighted by Crippen LogP contribution is 2.37. The number of methoxy groups -OCH3 is 1. The van der Waals surface area contributed by atoms with Crippen LogP contribution in [0.3, 0.4) is 0 Å². The fourth-order valence-corrected chi connectivity index (χ4v) is 6.73. The van der Waals surface area contributed by atoms with Crippen molar-refractivity contribution in [3.63, 3.8) is 0 Å². The first-order valence-corrected chi connectivity index (χ1v) is 16.5. The summed E-state index contributed by atoms with van der Waals surface area (Å²) in [6.07, 6.45) is 1.73. The lowest BCUT2D eigenvalue weighted by atomic mass is 9.96. The Morgan fingerprint density at radius 2 is 1.60 bits per heavy atom. The van der Waals surface area contributed by atoms with Crippen molar-refractivity contribution in [3.8, 4) is 23.0 Å². The van der Waals surface area contributed by atoms with E-state index in [4.69, 9.17) is 30.5 Å². The van der Waals surface area contributed by atoms with Gasteiger partial charge in [-0.3, -0.25) is 9.36 Å². The maximum atomic E-state index is 14.1. The quantitative estimate of drug-likeness (QED) is 0.0942. The fraction of sp³-hybridized carbons (Fsp3) is 0.184. The number of benzene rings is 4. The van der Waals surface area contributed by atoms with Crippen LogP contribution >= 0.6 is 22.9 Å². The van der Waals surface area contributed by atoms with Gasteiger partial charge >= 0.3 is 5.97 Å². The monoisotopic (exact) mass is 680 g/mol. The van der Waals surface area contributed by atoms with E-state index in [1.54, 1.807) is 54.0 Å². The SMILES string of the molecule is COc1cc(/C=c2\sc3n(c2=O)C(c2ccccc2)C(C(=O)Oc2ccccc2)=C(C)N=3)cc(Cl)c1OCCOc1ccc(C)c(C)c1. The van der Waals surface area contributed by atoms with Crippen LogP contribution in [0.1, 0.15) is 35.2 Å². The van der Waals surface area contributed by atoms with E-state index in [2.05, 4.69) is 11.9 Å².